The first-order chi connectivity index (χ1) is 15.0. The quantitative estimate of drug-likeness (QED) is 0.398. The predicted molar refractivity (Wildman–Crippen MR) is 108 cm³/mol. The molecule has 0 fully saturated rings. The van der Waals surface area contributed by atoms with Crippen LogP contribution >= 0.6 is 11.6 Å². The number of hydrogen-bond donors (Lipinski definition) is 2. The molecule has 1 heterocycles. The summed E-state index contributed by atoms with van der Waals surface area (Å²) in [5.41, 5.74) is 3.04. The molecule has 32 heavy (non-hydrogen) atoms. The van der Waals surface area contributed by atoms with Crippen LogP contribution in [-0.4, -0.2) is 10.5 Å². The molecule has 0 saturated carbocycles. The van der Waals surface area contributed by atoms with Gasteiger partial charge in [0.25, 0.3) is 0 Å². The summed E-state index contributed by atoms with van der Waals surface area (Å²) in [7, 11) is 0. The van der Waals surface area contributed by atoms with E-state index >= 15 is 4.39 Å². The van der Waals surface area contributed by atoms with Crippen LogP contribution < -0.4 is 10.5 Å². The predicted octanol–water partition coefficient (Wildman–Crippen LogP) is 5.12. The normalized spacial score (nSPS) is 18.0. The Morgan fingerprint density at radius 1 is 1.12 bits per heavy atom. The Bertz CT molecular complexity index is 1250. The summed E-state index contributed by atoms with van der Waals surface area (Å²) in [5, 5.41) is 0.117. The van der Waals surface area contributed by atoms with Crippen molar-refractivity contribution in [1.82, 2.24) is 4.72 Å². The van der Waals surface area contributed by atoms with Crippen LogP contribution in [0.5, 0.6) is 0 Å². The molecular weight excluding hydrogens is 475 g/mol. The molecule has 1 amide bonds. The number of nitrogens with two attached hydrogens (primary N) is 1. The van der Waals surface area contributed by atoms with E-state index in [1.54, 1.807) is 0 Å². The van der Waals surface area contributed by atoms with Gasteiger partial charge in [-0.25, -0.2) is 8.78 Å². The van der Waals surface area contributed by atoms with Gasteiger partial charge in [0.05, 0.1) is 22.5 Å². The summed E-state index contributed by atoms with van der Waals surface area (Å²) >= 11 is 4.37. The number of amides is 1. The fraction of sp³-hybridized carbons (Fsp3) is 0.0952. The van der Waals surface area contributed by atoms with E-state index in [1.807, 2.05) is 0 Å². The maximum absolute atomic E-state index is 15.0. The minimum absolute atomic E-state index is 0.0220. The first-order valence-corrected chi connectivity index (χ1v) is 10.5. The second-order valence-electron chi connectivity index (χ2n) is 6.95. The van der Waals surface area contributed by atoms with Gasteiger partial charge in [-0.15, -0.1) is 4.72 Å². The lowest BCUT2D eigenvalue weighted by Crippen LogP contribution is -2.21. The molecule has 3 aromatic carbocycles. The molecule has 0 saturated heterocycles. The highest BCUT2D eigenvalue weighted by atomic mass is 35.5. The Labute approximate surface area is 186 Å². The third kappa shape index (κ3) is 3.83. The van der Waals surface area contributed by atoms with E-state index in [0.717, 1.165) is 12.1 Å². The van der Waals surface area contributed by atoms with Crippen molar-refractivity contribution in [3.05, 3.63) is 87.4 Å². The lowest BCUT2D eigenvalue weighted by atomic mass is 9.88. The minimum atomic E-state index is -4.91. The van der Waals surface area contributed by atoms with Crippen LogP contribution in [0.2, 0.25) is 5.02 Å². The fourth-order valence-corrected chi connectivity index (χ4v) is 5.09. The summed E-state index contributed by atoms with van der Waals surface area (Å²) in [4.78, 5) is 12.2. The SMILES string of the molecule is NC(=O)c1cc(C(F)(F)F)cc(F)c1-c1cccc2c1C(c1cc(F)ccc1Cl)N[S+]2[O-]. The largest absolute Gasteiger partial charge is 0.593 e. The summed E-state index contributed by atoms with van der Waals surface area (Å²) in [5.74, 6) is -3.26. The van der Waals surface area contributed by atoms with E-state index in [9.17, 15) is 26.9 Å². The standard InChI is InChI=1S/C21H12ClF5N2O2S/c22-14-5-4-10(23)8-12(14)19-18-11(2-1-3-16(18)32(31)29-19)17-13(20(28)30)6-9(7-15(17)24)21(25,26)27/h1-8,19,29H,(H2,28,30). The number of primary amides is 1. The molecule has 166 valence electrons. The zero-order valence-electron chi connectivity index (χ0n) is 15.8. The number of benzene rings is 3. The van der Waals surface area contributed by atoms with E-state index in [4.69, 9.17) is 17.3 Å². The number of fused-ring (bicyclic) bond motifs is 1. The minimum Gasteiger partial charge on any atom is -0.593 e. The highest BCUT2D eigenvalue weighted by Gasteiger charge is 2.40. The molecule has 0 radical (unpaired) electrons. The van der Waals surface area contributed by atoms with Gasteiger partial charge in [-0.3, -0.25) is 4.79 Å². The van der Waals surface area contributed by atoms with Crippen LogP contribution in [0.3, 0.4) is 0 Å². The first kappa shape index (κ1) is 22.5. The summed E-state index contributed by atoms with van der Waals surface area (Å²) < 4.78 is 83.8. The summed E-state index contributed by atoms with van der Waals surface area (Å²) in [6.07, 6.45) is -4.91. The van der Waals surface area contributed by atoms with Crippen molar-refractivity contribution in [3.63, 3.8) is 0 Å². The van der Waals surface area contributed by atoms with Crippen LogP contribution in [-0.2, 0) is 17.5 Å². The molecule has 2 unspecified atom stereocenters. The van der Waals surface area contributed by atoms with Gasteiger partial charge in [0.1, 0.15) is 17.7 Å². The number of rotatable bonds is 3. The van der Waals surface area contributed by atoms with Crippen molar-refractivity contribution in [2.24, 2.45) is 5.73 Å². The number of hydrogen-bond acceptors (Lipinski definition) is 3. The molecule has 2 atom stereocenters. The Morgan fingerprint density at radius 3 is 2.50 bits per heavy atom. The van der Waals surface area contributed by atoms with E-state index in [-0.39, 0.29) is 32.7 Å². The number of nitrogens with one attached hydrogen (secondary N) is 1. The smallest absolute Gasteiger partial charge is 0.416 e. The molecule has 0 aromatic heterocycles. The van der Waals surface area contributed by atoms with Crippen molar-refractivity contribution in [2.75, 3.05) is 0 Å². The number of alkyl halides is 3. The number of carbonyl (C=O) groups is 1. The topological polar surface area (TPSA) is 78.2 Å². The lowest BCUT2D eigenvalue weighted by Gasteiger charge is -2.18. The maximum Gasteiger partial charge on any atom is 0.416 e. The summed E-state index contributed by atoms with van der Waals surface area (Å²) in [6.45, 7) is 0. The van der Waals surface area contributed by atoms with E-state index < -0.39 is 57.8 Å². The van der Waals surface area contributed by atoms with Crippen molar-refractivity contribution >= 4 is 28.9 Å². The van der Waals surface area contributed by atoms with Crippen molar-refractivity contribution < 1.29 is 31.3 Å². The van der Waals surface area contributed by atoms with Crippen LogP contribution in [0.4, 0.5) is 22.0 Å². The van der Waals surface area contributed by atoms with Gasteiger partial charge < -0.3 is 10.3 Å². The third-order valence-corrected chi connectivity index (χ3v) is 6.55. The van der Waals surface area contributed by atoms with E-state index in [2.05, 4.69) is 4.72 Å². The van der Waals surface area contributed by atoms with Crippen molar-refractivity contribution in [3.8, 4) is 11.1 Å². The van der Waals surface area contributed by atoms with Crippen LogP contribution in [0.1, 0.15) is 33.1 Å². The lowest BCUT2D eigenvalue weighted by molar-refractivity contribution is -0.137. The second-order valence-corrected chi connectivity index (χ2v) is 8.57. The molecule has 0 aliphatic carbocycles. The third-order valence-electron chi connectivity index (χ3n) is 5.00. The molecule has 0 bridgehead atoms. The van der Waals surface area contributed by atoms with Gasteiger partial charge in [0.2, 0.25) is 5.91 Å². The fourth-order valence-electron chi connectivity index (χ4n) is 3.64. The van der Waals surface area contributed by atoms with Crippen LogP contribution in [0.25, 0.3) is 11.1 Å². The number of halogens is 6. The van der Waals surface area contributed by atoms with Crippen molar-refractivity contribution in [2.45, 2.75) is 17.1 Å². The Morgan fingerprint density at radius 2 is 1.84 bits per heavy atom. The Hall–Kier alpha value is -2.66. The van der Waals surface area contributed by atoms with Gasteiger partial charge in [-0.05, 0) is 47.5 Å². The zero-order chi connectivity index (χ0) is 23.4. The Balaban J connectivity index is 2.01. The summed E-state index contributed by atoms with van der Waals surface area (Å²) in [6, 6.07) is 7.44. The highest BCUT2D eigenvalue weighted by Crippen LogP contribution is 2.45. The van der Waals surface area contributed by atoms with Crippen LogP contribution in [0, 0.1) is 11.6 Å². The zero-order valence-corrected chi connectivity index (χ0v) is 17.3. The average molecular weight is 487 g/mol. The van der Waals surface area contributed by atoms with E-state index in [0.29, 0.717) is 6.07 Å². The maximum atomic E-state index is 15.0. The van der Waals surface area contributed by atoms with Gasteiger partial charge in [-0.1, -0.05) is 23.7 Å². The molecule has 3 aromatic rings. The molecule has 3 N–H and O–H groups in total. The molecular formula is C21H12ClF5N2O2S. The highest BCUT2D eigenvalue weighted by molar-refractivity contribution is 7.89. The van der Waals surface area contributed by atoms with Gasteiger partial charge >= 0.3 is 6.18 Å². The number of carbonyl (C=O) groups excluding carboxylic acids is 1. The molecule has 4 nitrogen and oxygen atoms in total. The first-order valence-electron chi connectivity index (χ1n) is 8.95. The second kappa shape index (κ2) is 8.04. The van der Waals surface area contributed by atoms with Gasteiger partial charge in [-0.2, -0.15) is 13.2 Å². The van der Waals surface area contributed by atoms with Gasteiger partial charge in [0, 0.05) is 16.1 Å². The monoisotopic (exact) mass is 486 g/mol. The molecule has 0 spiro atoms. The van der Waals surface area contributed by atoms with Gasteiger partial charge in [0.15, 0.2) is 4.90 Å². The van der Waals surface area contributed by atoms with Crippen molar-refractivity contribution in [1.29, 1.82) is 0 Å². The average Bonchev–Trinajstić information content (AvgIpc) is 3.05. The molecule has 1 aliphatic rings. The van der Waals surface area contributed by atoms with Crippen LogP contribution in [0.15, 0.2) is 53.4 Å². The molecule has 4 rings (SSSR count). The van der Waals surface area contributed by atoms with E-state index in [1.165, 1.54) is 24.3 Å². The molecule has 1 aliphatic heterocycles. The Kier molecular flexibility index (Phi) is 5.66. The molecule has 11 heteroatoms.